The molecule has 0 spiro atoms. The Balaban J connectivity index is 2.47. The predicted molar refractivity (Wildman–Crippen MR) is 80.6 cm³/mol. The number of nitro groups is 1. The summed E-state index contributed by atoms with van der Waals surface area (Å²) in [5.74, 6) is 0.0780. The van der Waals surface area contributed by atoms with Crippen molar-refractivity contribution in [1.29, 1.82) is 0 Å². The van der Waals surface area contributed by atoms with E-state index < -0.39 is 4.92 Å². The van der Waals surface area contributed by atoms with Crippen molar-refractivity contribution in [2.24, 2.45) is 0 Å². The number of rotatable bonds is 3. The average molecular weight is 358 g/mol. The van der Waals surface area contributed by atoms with E-state index in [0.717, 1.165) is 10.0 Å². The molecule has 1 N–H and O–H groups in total. The van der Waals surface area contributed by atoms with Gasteiger partial charge < -0.3 is 5.32 Å². The normalized spacial score (nSPS) is 10.4. The lowest BCUT2D eigenvalue weighted by atomic mass is 10.2. The highest BCUT2D eigenvalue weighted by Crippen LogP contribution is 2.30. The molecule has 0 aliphatic carbocycles. The van der Waals surface area contributed by atoms with Crippen molar-refractivity contribution in [3.8, 4) is 0 Å². The van der Waals surface area contributed by atoms with Crippen molar-refractivity contribution in [1.82, 2.24) is 9.97 Å². The van der Waals surface area contributed by atoms with Gasteiger partial charge >= 0.3 is 5.69 Å². The Kier molecular flexibility index (Phi) is 4.20. The van der Waals surface area contributed by atoms with Crippen LogP contribution in [0, 0.1) is 24.0 Å². The summed E-state index contributed by atoms with van der Waals surface area (Å²) < 4.78 is 0.953. The summed E-state index contributed by atoms with van der Waals surface area (Å²) in [6.07, 6.45) is 0. The second kappa shape index (κ2) is 5.72. The van der Waals surface area contributed by atoms with Crippen molar-refractivity contribution in [3.63, 3.8) is 0 Å². The van der Waals surface area contributed by atoms with Crippen LogP contribution in [0.15, 0.2) is 22.7 Å². The van der Waals surface area contributed by atoms with Gasteiger partial charge in [0.15, 0.2) is 0 Å². The Morgan fingerprint density at radius 2 is 2.05 bits per heavy atom. The van der Waals surface area contributed by atoms with Crippen LogP contribution >= 0.6 is 27.5 Å². The van der Waals surface area contributed by atoms with E-state index in [0.29, 0.717) is 5.69 Å². The first-order valence-electron chi connectivity index (χ1n) is 5.60. The molecule has 1 aromatic carbocycles. The first kappa shape index (κ1) is 14.7. The number of halogens is 2. The minimum Gasteiger partial charge on any atom is -0.334 e. The quantitative estimate of drug-likeness (QED) is 0.507. The number of nitrogens with zero attached hydrogens (tertiary/aromatic N) is 3. The van der Waals surface area contributed by atoms with Gasteiger partial charge in [0.2, 0.25) is 11.1 Å². The number of nitrogens with one attached hydrogen (secondary N) is 1. The molecule has 0 unspecified atom stereocenters. The zero-order valence-electron chi connectivity index (χ0n) is 10.6. The Morgan fingerprint density at radius 1 is 1.35 bits per heavy atom. The molecule has 0 aliphatic rings. The van der Waals surface area contributed by atoms with Gasteiger partial charge in [-0.2, -0.15) is 4.98 Å². The van der Waals surface area contributed by atoms with E-state index in [-0.39, 0.29) is 22.5 Å². The van der Waals surface area contributed by atoms with E-state index in [1.54, 1.807) is 6.07 Å². The van der Waals surface area contributed by atoms with Crippen molar-refractivity contribution in [2.75, 3.05) is 5.32 Å². The maximum Gasteiger partial charge on any atom is 0.332 e. The molecule has 1 aromatic heterocycles. The second-order valence-corrected chi connectivity index (χ2v) is 5.31. The van der Waals surface area contributed by atoms with Crippen molar-refractivity contribution >= 4 is 44.7 Å². The first-order chi connectivity index (χ1) is 9.38. The van der Waals surface area contributed by atoms with Crippen LogP contribution < -0.4 is 5.32 Å². The molecule has 2 rings (SSSR count). The lowest BCUT2D eigenvalue weighted by molar-refractivity contribution is -0.385. The van der Waals surface area contributed by atoms with Crippen LogP contribution in [0.5, 0.6) is 0 Å². The van der Waals surface area contributed by atoms with Gasteiger partial charge in [0, 0.05) is 10.2 Å². The van der Waals surface area contributed by atoms with Crippen molar-refractivity contribution in [2.45, 2.75) is 13.8 Å². The predicted octanol–water partition coefficient (Wildman–Crippen LogP) is 4.16. The molecule has 0 saturated carbocycles. The van der Waals surface area contributed by atoms with E-state index >= 15 is 0 Å². The van der Waals surface area contributed by atoms with E-state index in [1.165, 1.54) is 6.92 Å². The molecule has 6 nitrogen and oxygen atoms in total. The highest BCUT2D eigenvalue weighted by Gasteiger charge is 2.21. The van der Waals surface area contributed by atoms with Gasteiger partial charge in [-0.1, -0.05) is 15.9 Å². The van der Waals surface area contributed by atoms with Gasteiger partial charge in [-0.25, -0.2) is 4.98 Å². The largest absolute Gasteiger partial charge is 0.334 e. The maximum absolute atomic E-state index is 11.1. The minimum absolute atomic E-state index is 0.0376. The third kappa shape index (κ3) is 3.05. The molecule has 20 heavy (non-hydrogen) atoms. The van der Waals surface area contributed by atoms with Crippen LogP contribution in [-0.2, 0) is 0 Å². The zero-order chi connectivity index (χ0) is 14.9. The van der Waals surface area contributed by atoms with Crippen molar-refractivity contribution < 1.29 is 4.92 Å². The number of anilines is 2. The minimum atomic E-state index is -0.528. The average Bonchev–Trinajstić information content (AvgIpc) is 2.32. The number of aromatic nitrogens is 2. The van der Waals surface area contributed by atoms with Gasteiger partial charge in [-0.15, -0.1) is 0 Å². The van der Waals surface area contributed by atoms with Gasteiger partial charge in [-0.3, -0.25) is 10.1 Å². The molecule has 0 bridgehead atoms. The molecule has 2 aromatic rings. The van der Waals surface area contributed by atoms with Crippen LogP contribution in [-0.4, -0.2) is 14.9 Å². The summed E-state index contributed by atoms with van der Waals surface area (Å²) in [5.41, 5.74) is 1.71. The molecule has 0 aliphatic heterocycles. The molecule has 0 atom stereocenters. The topological polar surface area (TPSA) is 81.0 Å². The summed E-state index contributed by atoms with van der Waals surface area (Å²) in [4.78, 5) is 18.3. The fourth-order valence-corrected chi connectivity index (χ4v) is 2.16. The Hall–Kier alpha value is -1.73. The lowest BCUT2D eigenvalue weighted by Gasteiger charge is -2.09. The molecule has 0 radical (unpaired) electrons. The molecule has 8 heteroatoms. The summed E-state index contributed by atoms with van der Waals surface area (Å²) in [5, 5.41) is 14.0. The fourth-order valence-electron chi connectivity index (χ4n) is 1.70. The van der Waals surface area contributed by atoms with E-state index in [4.69, 9.17) is 11.6 Å². The number of hydrogen-bond acceptors (Lipinski definition) is 5. The summed E-state index contributed by atoms with van der Waals surface area (Å²) in [7, 11) is 0. The number of aryl methyl sites for hydroxylation is 2. The van der Waals surface area contributed by atoms with Gasteiger partial charge in [0.1, 0.15) is 5.69 Å². The standard InChI is InChI=1S/C12H10BrClN4O2/c1-6-5-8(3-4-9(6)13)16-11-10(18(19)20)7(2)15-12(14)17-11/h3-5H,1-2H3,(H,15,16,17). The molecule has 0 saturated heterocycles. The third-order valence-corrected chi connectivity index (χ3v) is 3.69. The smallest absolute Gasteiger partial charge is 0.332 e. The van der Waals surface area contributed by atoms with Crippen molar-refractivity contribution in [3.05, 3.63) is 49.3 Å². The molecule has 104 valence electrons. The van der Waals surface area contributed by atoms with E-state index in [1.807, 2.05) is 19.1 Å². The third-order valence-electron chi connectivity index (χ3n) is 2.63. The molecule has 1 heterocycles. The summed E-state index contributed by atoms with van der Waals surface area (Å²) in [6, 6.07) is 5.48. The van der Waals surface area contributed by atoms with E-state index in [2.05, 4.69) is 31.2 Å². The van der Waals surface area contributed by atoms with Crippen LogP contribution in [0.1, 0.15) is 11.3 Å². The Labute approximate surface area is 128 Å². The van der Waals surface area contributed by atoms with Gasteiger partial charge in [0.05, 0.1) is 4.92 Å². The lowest BCUT2D eigenvalue weighted by Crippen LogP contribution is -2.04. The first-order valence-corrected chi connectivity index (χ1v) is 6.77. The number of benzene rings is 1. The summed E-state index contributed by atoms with van der Waals surface area (Å²) >= 11 is 9.15. The molecule has 0 amide bonds. The molecular formula is C12H10BrClN4O2. The monoisotopic (exact) mass is 356 g/mol. The highest BCUT2D eigenvalue weighted by atomic mass is 79.9. The molecular weight excluding hydrogens is 348 g/mol. The second-order valence-electron chi connectivity index (χ2n) is 4.12. The van der Waals surface area contributed by atoms with Crippen LogP contribution in [0.2, 0.25) is 5.28 Å². The van der Waals surface area contributed by atoms with Crippen LogP contribution in [0.25, 0.3) is 0 Å². The summed E-state index contributed by atoms with van der Waals surface area (Å²) in [6.45, 7) is 3.44. The Bertz CT molecular complexity index is 693. The van der Waals surface area contributed by atoms with Crippen LogP contribution in [0.3, 0.4) is 0 Å². The number of hydrogen-bond donors (Lipinski definition) is 1. The maximum atomic E-state index is 11.1. The molecule has 0 fully saturated rings. The van der Waals surface area contributed by atoms with Gasteiger partial charge in [-0.05, 0) is 49.2 Å². The van der Waals surface area contributed by atoms with Gasteiger partial charge in [0.25, 0.3) is 0 Å². The van der Waals surface area contributed by atoms with Crippen LogP contribution in [0.4, 0.5) is 17.2 Å². The highest BCUT2D eigenvalue weighted by molar-refractivity contribution is 9.10. The zero-order valence-corrected chi connectivity index (χ0v) is 13.0. The van der Waals surface area contributed by atoms with E-state index in [9.17, 15) is 10.1 Å². The fraction of sp³-hybridized carbons (Fsp3) is 0.167. The SMILES string of the molecule is Cc1cc(Nc2nc(Cl)nc(C)c2[N+](=O)[O-])ccc1Br. The Morgan fingerprint density at radius 3 is 2.65 bits per heavy atom.